The van der Waals surface area contributed by atoms with Gasteiger partial charge in [0.2, 0.25) is 11.6 Å². The third-order valence-electron chi connectivity index (χ3n) is 18.3. The van der Waals surface area contributed by atoms with Crippen molar-refractivity contribution in [2.75, 3.05) is 104 Å². The minimum Gasteiger partial charge on any atom is -0.394 e. The summed E-state index contributed by atoms with van der Waals surface area (Å²) in [6.45, 7) is -9.91. The number of nitrogens with one attached hydrogen (secondary N) is 3. The van der Waals surface area contributed by atoms with Crippen LogP contribution in [0.2, 0.25) is 0 Å². The first-order valence-corrected chi connectivity index (χ1v) is 46.5. The Balaban J connectivity index is 0.835. The van der Waals surface area contributed by atoms with Crippen molar-refractivity contribution in [1.29, 1.82) is 0 Å². The fourth-order valence-corrected chi connectivity index (χ4v) is 20.3. The van der Waals surface area contributed by atoms with E-state index in [4.69, 9.17) is 166 Å². The molecule has 54 heteroatoms. The predicted octanol–water partition coefficient (Wildman–Crippen LogP) is -0.0688. The SMILES string of the molecule is CO[C@H]1C(OP(O)(=S)OC[C@H]2O[C@@H](n3cnc4c(=O)[nH]c(N)nc43)CC2OP(=S)(S)OC[C@H]2O[C@@H](n3cc(C)c(=O)[nH]c3=O)CC2OP(=S)(OCCOCCOCCN)OC[C@H]2O[C@@H](n3ccc(N)nc3=O)CC2C(C)C)[C@@H](COP(O)(=S)OC2[C@@H](CO)O[C@@H](n3cc(Br)c(=O)[nH]c3=O)[C@H]2OC)O[C@H]1n1ccc(N)nc1=O. The van der Waals surface area contributed by atoms with E-state index >= 15 is 0 Å². The van der Waals surface area contributed by atoms with E-state index in [1.54, 1.807) is 0 Å². The molecule has 11 heterocycles. The van der Waals surface area contributed by atoms with Gasteiger partial charge in [0.25, 0.3) is 16.7 Å². The fourth-order valence-electron chi connectivity index (χ4n) is 12.9. The third-order valence-corrected chi connectivity index (χ3v) is 26.5. The average molecular weight is 1820 g/mol. The van der Waals surface area contributed by atoms with Crippen LogP contribution in [0.3, 0.4) is 0 Å². The van der Waals surface area contributed by atoms with Gasteiger partial charge in [-0.25, -0.2) is 24.2 Å². The van der Waals surface area contributed by atoms with Crippen molar-refractivity contribution in [1.82, 2.24) is 57.7 Å². The summed E-state index contributed by atoms with van der Waals surface area (Å²) in [4.78, 5) is 138. The third kappa shape index (κ3) is 21.5. The van der Waals surface area contributed by atoms with E-state index in [-0.39, 0.29) is 96.5 Å². The van der Waals surface area contributed by atoms with Gasteiger partial charge in [0, 0.05) is 64.0 Å². The Bertz CT molecular complexity index is 4970. The second-order valence-corrected chi connectivity index (χ2v) is 40.6. The number of aromatic nitrogens is 12. The number of nitrogens with two attached hydrogens (primary N) is 4. The molecular formula is C58H83BrN16O28P4S5. The van der Waals surface area contributed by atoms with Gasteiger partial charge in [0.05, 0.1) is 95.2 Å². The second-order valence-electron chi connectivity index (χ2n) is 26.0. The molecule has 0 amide bonds. The van der Waals surface area contributed by atoms with Crippen LogP contribution in [0.25, 0.3) is 11.2 Å². The number of aryl methyl sites for hydroxylation is 1. The number of aromatic amines is 3. The Morgan fingerprint density at radius 3 is 1.74 bits per heavy atom. The largest absolute Gasteiger partial charge is 0.394 e. The summed E-state index contributed by atoms with van der Waals surface area (Å²) in [6.07, 6.45) is -13.6. The molecule has 44 nitrogen and oxygen atoms in total. The van der Waals surface area contributed by atoms with E-state index in [1.165, 1.54) is 67.3 Å². The number of thiol groups is 1. The van der Waals surface area contributed by atoms with Gasteiger partial charge in [-0.1, -0.05) is 26.1 Å². The number of H-pyrrole nitrogens is 3. The number of rotatable bonds is 38. The zero-order chi connectivity index (χ0) is 80.9. The predicted molar refractivity (Wildman–Crippen MR) is 414 cm³/mol. The van der Waals surface area contributed by atoms with Crippen LogP contribution in [-0.4, -0.2) is 227 Å². The smallest absolute Gasteiger partial charge is 0.351 e. The number of hydrogen-bond acceptors (Lipinski definition) is 38. The van der Waals surface area contributed by atoms with Gasteiger partial charge in [-0.15, -0.1) is 0 Å². The van der Waals surface area contributed by atoms with Gasteiger partial charge in [0.1, 0.15) is 79.2 Å². The molecule has 11 rings (SSSR count). The van der Waals surface area contributed by atoms with Gasteiger partial charge >= 0.3 is 42.9 Å². The number of ether oxygens (including phenoxy) is 9. The number of nitrogens with zero attached hydrogens (tertiary/aromatic N) is 9. The number of aliphatic hydroxyl groups is 1. The normalized spacial score (nSPS) is 28.9. The maximum absolute atomic E-state index is 13.6. The molecule has 0 aliphatic carbocycles. The molecule has 112 heavy (non-hydrogen) atoms. The van der Waals surface area contributed by atoms with Crippen molar-refractivity contribution >= 4 is 130 Å². The monoisotopic (exact) mass is 1810 g/mol. The van der Waals surface area contributed by atoms with Crippen molar-refractivity contribution in [2.24, 2.45) is 17.6 Å². The van der Waals surface area contributed by atoms with Crippen molar-refractivity contribution in [3.8, 4) is 0 Å². The van der Waals surface area contributed by atoms with E-state index in [1.807, 2.05) is 13.8 Å². The first-order chi connectivity index (χ1) is 53.1. The lowest BCUT2D eigenvalue weighted by molar-refractivity contribution is -0.0634. The van der Waals surface area contributed by atoms with Crippen molar-refractivity contribution in [3.63, 3.8) is 0 Å². The van der Waals surface area contributed by atoms with Crippen LogP contribution < -0.4 is 62.4 Å². The summed E-state index contributed by atoms with van der Waals surface area (Å²) in [5, 5.41) is 10.4. The minimum absolute atomic E-state index is 0.00111. The Hall–Kier alpha value is -4.58. The van der Waals surface area contributed by atoms with Crippen LogP contribution >= 0.6 is 54.0 Å². The molecule has 0 radical (unpaired) electrons. The Morgan fingerprint density at radius 1 is 0.598 bits per heavy atom. The summed E-state index contributed by atoms with van der Waals surface area (Å²) < 4.78 is 117. The molecule has 0 saturated carbocycles. The topological polar surface area (TPSA) is 574 Å². The molecule has 0 bridgehead atoms. The highest BCUT2D eigenvalue weighted by atomic mass is 79.9. The standard InChI is InChI=1S/C58H83BrN16O28P4S5/c1-27(2)29-16-40(71-9-6-38(61)65-55(71)80)95-34(29)22-93-106(110,90-15-14-89-13-12-88-11-8-60)100-31-17-41(73-19-28(3)49(77)69-57(73)82)96-36(31)24-94-107(111,112)101-32-18-42(75-26-64-43-48(75)67-54(63)68-51(43)79)97-35(32)23-91-104(84,108)103-45-37(99-52(47(45)87-5)72-10-7-39(62)66-56(72)81)25-92-105(85,109)102-44-33(21-76)98-53(46(44)86-4)74-20-30(59)50(78)70-58(74)83/h6-7,9-10,19-20,26-27,29,31-37,40-42,44-47,52-53,76H,8,11-18,21-25,60H2,1-5H3,(H,84,108)(H,85,109)(H,111,112)(H2,61,65,80)(H2,62,66,81)(H,69,77,82)(H,70,78,83)(H3,63,67,68,79)/t29?,31?,32?,33-,34-,35-,36-,37-,40-,41-,42-,44?,45?,46+,47+,52-,53-,104?,105?,106?/m1/s1. The molecule has 9 unspecified atom stereocenters. The summed E-state index contributed by atoms with van der Waals surface area (Å²) in [5.74, 6) is -0.589. The lowest BCUT2D eigenvalue weighted by Crippen LogP contribution is -2.40. The Labute approximate surface area is 668 Å². The molecule has 14 N–H and O–H groups in total. The zero-order valence-electron chi connectivity index (χ0n) is 60.0. The number of fused-ring (bicyclic) bond motifs is 1. The van der Waals surface area contributed by atoms with Crippen LogP contribution in [0.4, 0.5) is 17.6 Å². The van der Waals surface area contributed by atoms with Crippen LogP contribution in [0.5, 0.6) is 0 Å². The molecule has 6 aromatic rings. The molecule has 5 saturated heterocycles. The van der Waals surface area contributed by atoms with E-state index in [2.05, 4.69) is 50.8 Å². The van der Waals surface area contributed by atoms with Gasteiger partial charge in [-0.2, -0.15) is 15.0 Å². The first kappa shape index (κ1) is 88.2. The summed E-state index contributed by atoms with van der Waals surface area (Å²) in [6, 6.07) is 2.76. The summed E-state index contributed by atoms with van der Waals surface area (Å²) in [5.41, 5.74) is 13.9. The van der Waals surface area contributed by atoms with Crippen LogP contribution in [-0.2, 0) is 131 Å². The summed E-state index contributed by atoms with van der Waals surface area (Å²) in [7, 11) is 2.44. The molecule has 5 aliphatic heterocycles. The molecule has 5 fully saturated rings. The van der Waals surface area contributed by atoms with Gasteiger partial charge in [-0.05, 0) is 100 Å². The number of aliphatic hydroxyl groups excluding tert-OH is 1. The zero-order valence-corrected chi connectivity index (χ0v) is 69.3. The number of methoxy groups -OCH3 is 2. The number of anilines is 3. The van der Waals surface area contributed by atoms with E-state index < -0.39 is 190 Å². The first-order valence-electron chi connectivity index (χ1n) is 34.2. The Morgan fingerprint density at radius 2 is 1.12 bits per heavy atom. The second kappa shape index (κ2) is 38.0. The van der Waals surface area contributed by atoms with E-state index in [0.717, 1.165) is 19.9 Å². The van der Waals surface area contributed by atoms with Gasteiger partial charge in [-0.3, -0.25) is 61.2 Å². The molecular weight excluding hydrogens is 1730 g/mol. The van der Waals surface area contributed by atoms with Crippen molar-refractivity contribution in [3.05, 3.63) is 126 Å². The van der Waals surface area contributed by atoms with Crippen molar-refractivity contribution < 1.29 is 98.2 Å². The highest BCUT2D eigenvalue weighted by molar-refractivity contribution is 9.10. The van der Waals surface area contributed by atoms with E-state index in [0.29, 0.717) is 19.6 Å². The maximum Gasteiger partial charge on any atom is 0.351 e. The maximum atomic E-state index is 13.6. The van der Waals surface area contributed by atoms with Crippen LogP contribution in [0.1, 0.15) is 69.8 Å². The number of nitrogen functional groups attached to an aromatic ring is 3. The van der Waals surface area contributed by atoms with Crippen LogP contribution in [0.15, 0.2) is 81.3 Å². The molecule has 0 aromatic carbocycles. The Kier molecular flexibility index (Phi) is 29.9. The average Bonchev–Trinajstić information content (AvgIpc) is 1.65. The quantitative estimate of drug-likeness (QED) is 0.0137. The molecule has 5 aliphatic rings. The van der Waals surface area contributed by atoms with Gasteiger partial charge in [0.15, 0.2) is 23.6 Å². The number of hydrogen-bond donors (Lipinski definition) is 11. The molecule has 6 aromatic heterocycles. The molecule has 21 atom stereocenters. The lowest BCUT2D eigenvalue weighted by atomic mass is 9.89. The molecule has 0 spiro atoms. The summed E-state index contributed by atoms with van der Waals surface area (Å²) >= 11 is 31.3. The van der Waals surface area contributed by atoms with Crippen LogP contribution in [0, 0.1) is 18.8 Å². The molecule has 620 valence electrons. The van der Waals surface area contributed by atoms with E-state index in [9.17, 15) is 48.5 Å². The highest BCUT2D eigenvalue weighted by Gasteiger charge is 2.54. The minimum atomic E-state index is -4.71. The van der Waals surface area contributed by atoms with Gasteiger partial charge < -0.3 is 112 Å². The lowest BCUT2D eigenvalue weighted by Gasteiger charge is -2.30. The number of imidazole rings is 1. The number of halogens is 1. The van der Waals surface area contributed by atoms with Crippen molar-refractivity contribution in [2.45, 2.75) is 138 Å². The highest BCUT2D eigenvalue weighted by Crippen LogP contribution is 2.60. The fraction of sp³-hybridized carbons (Fsp3) is 0.638.